The van der Waals surface area contributed by atoms with Gasteiger partial charge in [-0.25, -0.2) is 0 Å². The summed E-state index contributed by atoms with van der Waals surface area (Å²) in [6, 6.07) is 5.26. The molecule has 1 fully saturated rings. The van der Waals surface area contributed by atoms with Crippen LogP contribution in [0, 0.1) is 0 Å². The first-order chi connectivity index (χ1) is 10.1. The van der Waals surface area contributed by atoms with Crippen molar-refractivity contribution in [2.45, 2.75) is 25.0 Å². The van der Waals surface area contributed by atoms with Crippen LogP contribution < -0.4 is 15.2 Å². The number of ether oxygens (including phenoxy) is 3. The molecule has 2 N–H and O–H groups in total. The topological polar surface area (TPSA) is 70.8 Å². The highest BCUT2D eigenvalue weighted by Crippen LogP contribution is 2.29. The lowest BCUT2D eigenvalue weighted by molar-refractivity contribution is 0.128. The molecule has 6 heteroatoms. The van der Waals surface area contributed by atoms with Crippen LogP contribution in [0.5, 0.6) is 11.5 Å². The zero-order valence-electron chi connectivity index (χ0n) is 12.5. The third-order valence-electron chi connectivity index (χ3n) is 3.60. The first-order valence-corrected chi connectivity index (χ1v) is 8.57. The molecule has 0 spiro atoms. The van der Waals surface area contributed by atoms with Crippen LogP contribution >= 0.6 is 0 Å². The molecule has 0 amide bonds. The van der Waals surface area contributed by atoms with E-state index in [0.29, 0.717) is 23.0 Å². The molecule has 0 bridgehead atoms. The van der Waals surface area contributed by atoms with E-state index in [1.54, 1.807) is 14.2 Å². The van der Waals surface area contributed by atoms with Gasteiger partial charge in [-0.05, 0) is 30.5 Å². The maximum absolute atomic E-state index is 12.2. The van der Waals surface area contributed by atoms with Gasteiger partial charge < -0.3 is 19.9 Å². The Morgan fingerprint density at radius 1 is 1.38 bits per heavy atom. The van der Waals surface area contributed by atoms with E-state index in [1.165, 1.54) is 0 Å². The number of nitrogens with two attached hydrogens (primary N) is 1. The molecule has 1 aromatic carbocycles. The van der Waals surface area contributed by atoms with Crippen molar-refractivity contribution in [2.24, 2.45) is 5.73 Å². The van der Waals surface area contributed by atoms with Gasteiger partial charge in [0.15, 0.2) is 11.5 Å². The molecule has 0 saturated carbocycles. The summed E-state index contributed by atoms with van der Waals surface area (Å²) in [7, 11) is 2.20. The van der Waals surface area contributed by atoms with E-state index in [0.717, 1.165) is 25.0 Å². The second kappa shape index (κ2) is 7.77. The molecule has 3 atom stereocenters. The van der Waals surface area contributed by atoms with Crippen molar-refractivity contribution in [3.63, 3.8) is 0 Å². The fraction of sp³-hybridized carbons (Fsp3) is 0.600. The SMILES string of the molecule is COc1ccc(C(N)CS(=O)CC2CCCO2)cc1OC. The predicted molar refractivity (Wildman–Crippen MR) is 83.3 cm³/mol. The van der Waals surface area contributed by atoms with E-state index in [-0.39, 0.29) is 12.1 Å². The van der Waals surface area contributed by atoms with Gasteiger partial charge in [-0.15, -0.1) is 0 Å². The van der Waals surface area contributed by atoms with E-state index in [1.807, 2.05) is 18.2 Å². The molecule has 5 nitrogen and oxygen atoms in total. The lowest BCUT2D eigenvalue weighted by atomic mass is 10.1. The summed E-state index contributed by atoms with van der Waals surface area (Å²) in [5.41, 5.74) is 7.05. The lowest BCUT2D eigenvalue weighted by Crippen LogP contribution is -2.24. The zero-order chi connectivity index (χ0) is 15.2. The van der Waals surface area contributed by atoms with E-state index >= 15 is 0 Å². The van der Waals surface area contributed by atoms with Gasteiger partial charge in [-0.1, -0.05) is 6.07 Å². The van der Waals surface area contributed by atoms with Gasteiger partial charge in [0.05, 0.1) is 20.3 Å². The molecule has 1 aliphatic heterocycles. The van der Waals surface area contributed by atoms with Gasteiger partial charge >= 0.3 is 0 Å². The molecule has 1 saturated heterocycles. The summed E-state index contributed by atoms with van der Waals surface area (Å²) >= 11 is 0. The van der Waals surface area contributed by atoms with Crippen molar-refractivity contribution in [3.8, 4) is 11.5 Å². The number of rotatable bonds is 7. The molecule has 21 heavy (non-hydrogen) atoms. The van der Waals surface area contributed by atoms with Gasteiger partial charge in [-0.3, -0.25) is 4.21 Å². The Labute approximate surface area is 128 Å². The van der Waals surface area contributed by atoms with Crippen molar-refractivity contribution in [1.82, 2.24) is 0 Å². The molecule has 1 aromatic rings. The molecule has 0 aromatic heterocycles. The maximum Gasteiger partial charge on any atom is 0.161 e. The van der Waals surface area contributed by atoms with E-state index in [9.17, 15) is 4.21 Å². The van der Waals surface area contributed by atoms with E-state index < -0.39 is 10.8 Å². The summed E-state index contributed by atoms with van der Waals surface area (Å²) in [5, 5.41) is 0. The summed E-state index contributed by atoms with van der Waals surface area (Å²) in [5.74, 6) is 2.29. The first-order valence-electron chi connectivity index (χ1n) is 7.08. The van der Waals surface area contributed by atoms with Gasteiger partial charge in [0, 0.05) is 35.0 Å². The number of benzene rings is 1. The molecule has 3 unspecified atom stereocenters. The highest BCUT2D eigenvalue weighted by molar-refractivity contribution is 7.85. The van der Waals surface area contributed by atoms with Crippen molar-refractivity contribution >= 4 is 10.8 Å². The van der Waals surface area contributed by atoms with Crippen LogP contribution in [0.2, 0.25) is 0 Å². The molecule has 1 aliphatic rings. The van der Waals surface area contributed by atoms with Crippen LogP contribution in [0.15, 0.2) is 18.2 Å². The number of hydrogen-bond acceptors (Lipinski definition) is 5. The summed E-state index contributed by atoms with van der Waals surface area (Å²) in [4.78, 5) is 0. The highest BCUT2D eigenvalue weighted by Gasteiger charge is 2.20. The molecule has 0 aliphatic carbocycles. The Balaban J connectivity index is 1.95. The quantitative estimate of drug-likeness (QED) is 0.828. The van der Waals surface area contributed by atoms with Gasteiger partial charge in [0.2, 0.25) is 0 Å². The van der Waals surface area contributed by atoms with Crippen LogP contribution in [0.25, 0.3) is 0 Å². The van der Waals surface area contributed by atoms with E-state index in [2.05, 4.69) is 0 Å². The predicted octanol–water partition coefficient (Wildman–Crippen LogP) is 1.63. The fourth-order valence-electron chi connectivity index (χ4n) is 2.43. The van der Waals surface area contributed by atoms with Crippen LogP contribution in [-0.2, 0) is 15.5 Å². The summed E-state index contributed by atoms with van der Waals surface area (Å²) in [6.07, 6.45) is 2.18. The minimum atomic E-state index is -0.978. The monoisotopic (exact) mass is 313 g/mol. The minimum Gasteiger partial charge on any atom is -0.493 e. The van der Waals surface area contributed by atoms with Gasteiger partial charge in [0.25, 0.3) is 0 Å². The lowest BCUT2D eigenvalue weighted by Gasteiger charge is -2.16. The molecule has 1 heterocycles. The van der Waals surface area contributed by atoms with Gasteiger partial charge in [0.1, 0.15) is 0 Å². The number of methoxy groups -OCH3 is 2. The van der Waals surface area contributed by atoms with Crippen LogP contribution in [0.1, 0.15) is 24.4 Å². The summed E-state index contributed by atoms with van der Waals surface area (Å²) < 4.78 is 28.1. The normalized spacial score (nSPS) is 21.0. The van der Waals surface area contributed by atoms with Crippen LogP contribution in [0.3, 0.4) is 0 Å². The van der Waals surface area contributed by atoms with E-state index in [4.69, 9.17) is 19.9 Å². The molecule has 0 radical (unpaired) electrons. The third kappa shape index (κ3) is 4.43. The van der Waals surface area contributed by atoms with Crippen molar-refractivity contribution < 1.29 is 18.4 Å². The average molecular weight is 313 g/mol. The Bertz CT molecular complexity index is 489. The maximum atomic E-state index is 12.2. The third-order valence-corrected chi connectivity index (χ3v) is 5.07. The van der Waals surface area contributed by atoms with Crippen molar-refractivity contribution in [3.05, 3.63) is 23.8 Å². The van der Waals surface area contributed by atoms with Crippen molar-refractivity contribution in [2.75, 3.05) is 32.3 Å². The Kier molecular flexibility index (Phi) is 6.02. The first kappa shape index (κ1) is 16.3. The zero-order valence-corrected chi connectivity index (χ0v) is 13.4. The molecular formula is C15H23NO4S. The fourth-order valence-corrected chi connectivity index (χ4v) is 3.84. The molecular weight excluding hydrogens is 290 g/mol. The minimum absolute atomic E-state index is 0.128. The smallest absolute Gasteiger partial charge is 0.161 e. The standard InChI is InChI=1S/C15H23NO4S/c1-18-14-6-5-11(8-15(14)19-2)13(16)10-21(17)9-12-4-3-7-20-12/h5-6,8,12-13H,3-4,7,9-10,16H2,1-2H3. The van der Waals surface area contributed by atoms with Crippen molar-refractivity contribution in [1.29, 1.82) is 0 Å². The second-order valence-electron chi connectivity index (χ2n) is 5.13. The number of hydrogen-bond donors (Lipinski definition) is 1. The largest absolute Gasteiger partial charge is 0.493 e. The Morgan fingerprint density at radius 3 is 2.76 bits per heavy atom. The van der Waals surface area contributed by atoms with Crippen LogP contribution in [0.4, 0.5) is 0 Å². The highest BCUT2D eigenvalue weighted by atomic mass is 32.2. The van der Waals surface area contributed by atoms with Crippen LogP contribution in [-0.4, -0.2) is 42.6 Å². The summed E-state index contributed by atoms with van der Waals surface area (Å²) in [6.45, 7) is 0.781. The second-order valence-corrected chi connectivity index (χ2v) is 6.68. The Morgan fingerprint density at radius 2 is 2.14 bits per heavy atom. The average Bonchev–Trinajstić information content (AvgIpc) is 2.99. The molecule has 118 valence electrons. The Hall–Kier alpha value is -1.11. The molecule has 2 rings (SSSR count). The van der Waals surface area contributed by atoms with Gasteiger partial charge in [-0.2, -0.15) is 0 Å².